The SMILES string of the molecule is CC(C)(C)OC(=O)N(CCCCCCOCCCCc1ccccc1)CC(O)c1ccc(OCOP(=O)(OC(C)(C)C)OC(C)(C)C)c(CO)c1. The maximum Gasteiger partial charge on any atom is 0.478 e. The number of amides is 1. The van der Waals surface area contributed by atoms with Gasteiger partial charge in [-0.25, -0.2) is 13.9 Å². The number of carbonyl (C=O) groups is 1. The van der Waals surface area contributed by atoms with Crippen LogP contribution in [-0.4, -0.2) is 71.1 Å². The molecule has 2 aromatic rings. The van der Waals surface area contributed by atoms with Crippen LogP contribution in [0.25, 0.3) is 0 Å². The molecule has 290 valence electrons. The second-order valence-electron chi connectivity index (χ2n) is 15.7. The lowest BCUT2D eigenvalue weighted by atomic mass is 10.0. The van der Waals surface area contributed by atoms with Gasteiger partial charge in [-0.1, -0.05) is 49.2 Å². The molecule has 1 atom stereocenters. The molecule has 0 radical (unpaired) electrons. The number of nitrogens with zero attached hydrogens (tertiary/aromatic N) is 1. The van der Waals surface area contributed by atoms with Crippen molar-refractivity contribution in [3.05, 3.63) is 65.2 Å². The molecule has 0 aliphatic carbocycles. The number of unbranched alkanes of at least 4 members (excludes halogenated alkanes) is 4. The van der Waals surface area contributed by atoms with Crippen LogP contribution in [0.2, 0.25) is 0 Å². The first-order valence-electron chi connectivity index (χ1n) is 18.1. The highest BCUT2D eigenvalue weighted by molar-refractivity contribution is 7.48. The Kier molecular flexibility index (Phi) is 18.6. The van der Waals surface area contributed by atoms with Crippen LogP contribution in [0.1, 0.15) is 124 Å². The van der Waals surface area contributed by atoms with Crippen LogP contribution in [0.4, 0.5) is 4.79 Å². The summed E-state index contributed by atoms with van der Waals surface area (Å²) >= 11 is 0. The predicted octanol–water partition coefficient (Wildman–Crippen LogP) is 9.14. The van der Waals surface area contributed by atoms with Gasteiger partial charge in [-0.15, -0.1) is 0 Å². The summed E-state index contributed by atoms with van der Waals surface area (Å²) in [7, 11) is -4.00. The van der Waals surface area contributed by atoms with E-state index in [0.717, 1.165) is 51.6 Å². The Labute approximate surface area is 306 Å². The van der Waals surface area contributed by atoms with E-state index in [1.807, 2.05) is 6.07 Å². The molecule has 1 amide bonds. The minimum atomic E-state index is -4.00. The largest absolute Gasteiger partial charge is 0.478 e. The number of phosphoric acid groups is 1. The molecular weight excluding hydrogens is 673 g/mol. The minimum absolute atomic E-state index is 0.00660. The van der Waals surface area contributed by atoms with Crippen molar-refractivity contribution in [2.24, 2.45) is 0 Å². The van der Waals surface area contributed by atoms with E-state index in [2.05, 4.69) is 24.3 Å². The Morgan fingerprint density at radius 2 is 1.41 bits per heavy atom. The first kappa shape index (κ1) is 44.7. The van der Waals surface area contributed by atoms with Gasteiger partial charge in [-0.3, -0.25) is 9.05 Å². The number of hydrogen-bond acceptors (Lipinski definition) is 10. The topological polar surface area (TPSA) is 133 Å². The highest BCUT2D eigenvalue weighted by atomic mass is 31.2. The fourth-order valence-electron chi connectivity index (χ4n) is 5.01. The van der Waals surface area contributed by atoms with Gasteiger partial charge in [-0.05, 0) is 118 Å². The van der Waals surface area contributed by atoms with Gasteiger partial charge >= 0.3 is 13.9 Å². The number of ether oxygens (including phenoxy) is 3. The van der Waals surface area contributed by atoms with Crippen molar-refractivity contribution in [2.45, 2.75) is 137 Å². The number of rotatable bonds is 22. The summed E-state index contributed by atoms with van der Waals surface area (Å²) in [6, 6.07) is 15.3. The molecule has 0 heterocycles. The van der Waals surface area contributed by atoms with Gasteiger partial charge in [0.15, 0.2) is 6.79 Å². The second kappa shape index (κ2) is 21.3. The summed E-state index contributed by atoms with van der Waals surface area (Å²) in [6.45, 7) is 16.9. The summed E-state index contributed by atoms with van der Waals surface area (Å²) in [4.78, 5) is 14.6. The molecule has 0 aliphatic rings. The van der Waals surface area contributed by atoms with Crippen LogP contribution in [0.3, 0.4) is 0 Å². The summed E-state index contributed by atoms with van der Waals surface area (Å²) in [5, 5.41) is 21.3. The molecular formula is C39H64NO10P. The second-order valence-corrected chi connectivity index (χ2v) is 17.2. The molecule has 0 saturated heterocycles. The lowest BCUT2D eigenvalue weighted by Gasteiger charge is -2.30. The standard InChI is InChI=1S/C39H64NO10P/c1-37(2,3)48-36(43)40(24-16-10-11-17-25-45-26-18-15-21-31-19-13-12-14-20-31)28-34(42)32-22-23-35(33(27-32)29-41)46-30-47-51(44,49-38(4,5)6)50-39(7,8)9/h12-14,19-20,22-23,27,34,41-42H,10-11,15-18,21,24-26,28-30H2,1-9H3. The fraction of sp³-hybridized carbons (Fsp3) is 0.667. The first-order valence-corrected chi connectivity index (χ1v) is 19.6. The number of hydrogen-bond donors (Lipinski definition) is 2. The van der Waals surface area contributed by atoms with Gasteiger partial charge in [0.05, 0.1) is 30.5 Å². The monoisotopic (exact) mass is 737 g/mol. The van der Waals surface area contributed by atoms with Crippen molar-refractivity contribution in [3.63, 3.8) is 0 Å². The predicted molar refractivity (Wildman–Crippen MR) is 200 cm³/mol. The highest BCUT2D eigenvalue weighted by Crippen LogP contribution is 2.55. The Morgan fingerprint density at radius 3 is 2.00 bits per heavy atom. The lowest BCUT2D eigenvalue weighted by molar-refractivity contribution is -0.0192. The Hall–Kier alpha value is -2.50. The molecule has 2 aromatic carbocycles. The zero-order valence-corrected chi connectivity index (χ0v) is 33.3. The van der Waals surface area contributed by atoms with Crippen molar-refractivity contribution in [1.29, 1.82) is 0 Å². The molecule has 2 N–H and O–H groups in total. The number of carbonyl (C=O) groups excluding carboxylic acids is 1. The van der Waals surface area contributed by atoms with Crippen LogP contribution in [0.15, 0.2) is 48.5 Å². The smallest absolute Gasteiger partial charge is 0.467 e. The summed E-state index contributed by atoms with van der Waals surface area (Å²) in [5.41, 5.74) is -0.0849. The first-order chi connectivity index (χ1) is 23.8. The fourth-order valence-corrected chi connectivity index (χ4v) is 6.67. The van der Waals surface area contributed by atoms with E-state index in [1.165, 1.54) is 10.5 Å². The lowest BCUT2D eigenvalue weighted by Crippen LogP contribution is -2.39. The zero-order valence-electron chi connectivity index (χ0n) is 32.4. The van der Waals surface area contributed by atoms with Crippen molar-refractivity contribution in [2.75, 3.05) is 33.1 Å². The Bertz CT molecular complexity index is 1310. The third-order valence-electron chi connectivity index (χ3n) is 7.19. The molecule has 2 rings (SSSR count). The Balaban J connectivity index is 1.89. The molecule has 0 spiro atoms. The number of benzene rings is 2. The van der Waals surface area contributed by atoms with Gasteiger partial charge in [0.25, 0.3) is 0 Å². The third kappa shape index (κ3) is 19.8. The summed E-state index contributed by atoms with van der Waals surface area (Å²) in [6.07, 6.45) is 5.23. The molecule has 12 heteroatoms. The van der Waals surface area contributed by atoms with E-state index in [0.29, 0.717) is 24.3 Å². The molecule has 0 saturated carbocycles. The maximum atomic E-state index is 13.3. The molecule has 11 nitrogen and oxygen atoms in total. The van der Waals surface area contributed by atoms with Gasteiger partial charge in [0, 0.05) is 25.3 Å². The van der Waals surface area contributed by atoms with E-state index >= 15 is 0 Å². The van der Waals surface area contributed by atoms with E-state index in [9.17, 15) is 19.6 Å². The normalized spacial score (nSPS) is 13.2. The number of aryl methyl sites for hydroxylation is 1. The average Bonchev–Trinajstić information content (AvgIpc) is 3.00. The Morgan fingerprint density at radius 1 is 0.804 bits per heavy atom. The maximum absolute atomic E-state index is 13.3. The quantitative estimate of drug-likeness (QED) is 0.0685. The highest BCUT2D eigenvalue weighted by Gasteiger charge is 2.37. The summed E-state index contributed by atoms with van der Waals surface area (Å²) < 4.78 is 47.2. The van der Waals surface area contributed by atoms with Gasteiger partial charge in [-0.2, -0.15) is 0 Å². The van der Waals surface area contributed by atoms with Crippen LogP contribution in [-0.2, 0) is 40.6 Å². The van der Waals surface area contributed by atoms with E-state index in [-0.39, 0.29) is 12.3 Å². The van der Waals surface area contributed by atoms with Gasteiger partial charge in [0.1, 0.15) is 11.4 Å². The number of aliphatic hydroxyl groups is 2. The van der Waals surface area contributed by atoms with E-state index < -0.39 is 50.2 Å². The van der Waals surface area contributed by atoms with Crippen LogP contribution in [0.5, 0.6) is 5.75 Å². The third-order valence-corrected chi connectivity index (χ3v) is 9.16. The average molecular weight is 738 g/mol. The van der Waals surface area contributed by atoms with Gasteiger partial charge < -0.3 is 29.3 Å². The number of aliphatic hydroxyl groups excluding tert-OH is 2. The van der Waals surface area contributed by atoms with E-state index in [1.54, 1.807) is 80.5 Å². The number of phosphoric ester groups is 1. The molecule has 51 heavy (non-hydrogen) atoms. The van der Waals surface area contributed by atoms with Crippen molar-refractivity contribution < 1.29 is 47.4 Å². The van der Waals surface area contributed by atoms with Crippen molar-refractivity contribution >= 4 is 13.9 Å². The zero-order chi connectivity index (χ0) is 38.1. The molecule has 0 aliphatic heterocycles. The molecule has 1 unspecified atom stereocenters. The molecule has 0 fully saturated rings. The van der Waals surface area contributed by atoms with Crippen LogP contribution >= 0.6 is 7.82 Å². The van der Waals surface area contributed by atoms with Gasteiger partial charge in [0.2, 0.25) is 0 Å². The van der Waals surface area contributed by atoms with Crippen molar-refractivity contribution in [3.8, 4) is 5.75 Å². The van der Waals surface area contributed by atoms with Crippen molar-refractivity contribution in [1.82, 2.24) is 4.90 Å². The van der Waals surface area contributed by atoms with E-state index in [4.69, 9.17) is 27.8 Å². The summed E-state index contributed by atoms with van der Waals surface area (Å²) in [5.74, 6) is 0.270. The minimum Gasteiger partial charge on any atom is -0.467 e. The van der Waals surface area contributed by atoms with Crippen LogP contribution in [0, 0.1) is 0 Å². The molecule has 0 aromatic heterocycles. The van der Waals surface area contributed by atoms with Crippen LogP contribution < -0.4 is 4.74 Å². The molecule has 0 bridgehead atoms.